The van der Waals surface area contributed by atoms with Crippen LogP contribution < -0.4 is 5.73 Å². The number of amidine groups is 1. The fraction of sp³-hybridized carbons (Fsp3) is 0.375. The Bertz CT molecular complexity index is 298. The summed E-state index contributed by atoms with van der Waals surface area (Å²) in [6.07, 6.45) is 0. The lowest BCUT2D eigenvalue weighted by Crippen LogP contribution is -2.13. The molecular formula is C8H11BrN2OS. The normalized spacial score (nSPS) is 12.0. The van der Waals surface area contributed by atoms with Gasteiger partial charge in [-0.25, -0.2) is 0 Å². The molecule has 13 heavy (non-hydrogen) atoms. The summed E-state index contributed by atoms with van der Waals surface area (Å²) in [5, 5.41) is 0. The smallest absolute Gasteiger partial charge is 0.136 e. The van der Waals surface area contributed by atoms with E-state index in [2.05, 4.69) is 20.9 Å². The zero-order chi connectivity index (χ0) is 9.68. The summed E-state index contributed by atoms with van der Waals surface area (Å²) in [6.45, 7) is 1.21. The molecule has 1 heterocycles. The first-order chi connectivity index (χ1) is 6.24. The minimum absolute atomic E-state index is 0.577. The fourth-order valence-electron chi connectivity index (χ4n) is 0.787. The van der Waals surface area contributed by atoms with Crippen LogP contribution in [0, 0.1) is 0 Å². The molecule has 1 aromatic rings. The van der Waals surface area contributed by atoms with Gasteiger partial charge in [-0.1, -0.05) is 0 Å². The first kappa shape index (κ1) is 10.7. The Morgan fingerprint density at radius 2 is 2.46 bits per heavy atom. The Morgan fingerprint density at radius 3 is 3.00 bits per heavy atom. The zero-order valence-corrected chi connectivity index (χ0v) is 9.69. The van der Waals surface area contributed by atoms with E-state index < -0.39 is 0 Å². The highest BCUT2D eigenvalue weighted by molar-refractivity contribution is 9.11. The molecule has 0 aliphatic rings. The number of rotatable bonds is 4. The number of hydrogen-bond donors (Lipinski definition) is 1. The molecule has 1 rings (SSSR count). The van der Waals surface area contributed by atoms with Gasteiger partial charge in [0.25, 0.3) is 0 Å². The lowest BCUT2D eigenvalue weighted by atomic mass is 10.4. The quantitative estimate of drug-likeness (QED) is 0.512. The van der Waals surface area contributed by atoms with E-state index >= 15 is 0 Å². The average molecular weight is 263 g/mol. The number of halogens is 1. The van der Waals surface area contributed by atoms with Crippen LogP contribution in [0.2, 0.25) is 0 Å². The summed E-state index contributed by atoms with van der Waals surface area (Å²) in [7, 11) is 1.65. The second-order valence-electron chi connectivity index (χ2n) is 2.36. The molecule has 0 aromatic carbocycles. The van der Waals surface area contributed by atoms with Crippen LogP contribution in [0.4, 0.5) is 0 Å². The van der Waals surface area contributed by atoms with Crippen molar-refractivity contribution in [3.05, 3.63) is 20.8 Å². The van der Waals surface area contributed by atoms with Gasteiger partial charge in [-0.2, -0.15) is 0 Å². The van der Waals surface area contributed by atoms with Crippen molar-refractivity contribution in [1.29, 1.82) is 0 Å². The van der Waals surface area contributed by atoms with Crippen molar-refractivity contribution in [2.45, 2.75) is 0 Å². The maximum Gasteiger partial charge on any atom is 0.136 e. The van der Waals surface area contributed by atoms with Gasteiger partial charge in [-0.3, -0.25) is 4.99 Å². The molecule has 0 unspecified atom stereocenters. The number of methoxy groups -OCH3 is 1. The molecule has 0 saturated carbocycles. The summed E-state index contributed by atoms with van der Waals surface area (Å²) in [4.78, 5) is 5.15. The van der Waals surface area contributed by atoms with Crippen molar-refractivity contribution in [2.24, 2.45) is 10.7 Å². The number of hydrogen-bond acceptors (Lipinski definition) is 3. The molecule has 0 aliphatic heterocycles. The number of nitrogens with zero attached hydrogens (tertiary/aromatic N) is 1. The number of ether oxygens (including phenoxy) is 1. The van der Waals surface area contributed by atoms with Gasteiger partial charge in [0.2, 0.25) is 0 Å². The van der Waals surface area contributed by atoms with Crippen molar-refractivity contribution >= 4 is 33.1 Å². The first-order valence-corrected chi connectivity index (χ1v) is 5.39. The lowest BCUT2D eigenvalue weighted by Gasteiger charge is -1.96. The molecule has 0 amide bonds. The van der Waals surface area contributed by atoms with Gasteiger partial charge in [0.05, 0.1) is 21.8 Å². The van der Waals surface area contributed by atoms with E-state index in [9.17, 15) is 0 Å². The van der Waals surface area contributed by atoms with Gasteiger partial charge in [-0.05, 0) is 28.1 Å². The van der Waals surface area contributed by atoms with Crippen LogP contribution in [0.25, 0.3) is 0 Å². The largest absolute Gasteiger partial charge is 0.383 e. The molecule has 5 heteroatoms. The second kappa shape index (κ2) is 5.36. The third kappa shape index (κ3) is 3.46. The van der Waals surface area contributed by atoms with Gasteiger partial charge in [0.15, 0.2) is 0 Å². The Hall–Kier alpha value is -0.390. The van der Waals surface area contributed by atoms with Crippen LogP contribution in [-0.4, -0.2) is 26.1 Å². The molecule has 1 aromatic heterocycles. The molecular weight excluding hydrogens is 252 g/mol. The van der Waals surface area contributed by atoms with Crippen LogP contribution in [0.1, 0.15) is 4.88 Å². The summed E-state index contributed by atoms with van der Waals surface area (Å²) >= 11 is 4.94. The molecule has 0 saturated heterocycles. The van der Waals surface area contributed by atoms with Crippen LogP contribution in [0.15, 0.2) is 20.9 Å². The average Bonchev–Trinajstić information content (AvgIpc) is 2.52. The van der Waals surface area contributed by atoms with E-state index in [-0.39, 0.29) is 0 Å². The molecule has 72 valence electrons. The minimum Gasteiger partial charge on any atom is -0.383 e. The van der Waals surface area contributed by atoms with Crippen LogP contribution in [0.5, 0.6) is 0 Å². The highest BCUT2D eigenvalue weighted by atomic mass is 79.9. The maximum atomic E-state index is 5.73. The summed E-state index contributed by atoms with van der Waals surface area (Å²) in [5.41, 5.74) is 5.73. The van der Waals surface area contributed by atoms with E-state index in [0.717, 1.165) is 8.66 Å². The highest BCUT2D eigenvalue weighted by Gasteiger charge is 2.00. The van der Waals surface area contributed by atoms with Gasteiger partial charge >= 0.3 is 0 Å². The Balaban J connectivity index is 2.56. The standard InChI is InChI=1S/C8H11BrN2OS/c1-12-5-4-11-8(10)6-2-3-7(9)13-6/h2-3H,4-5H2,1H3,(H2,10,11). The molecule has 0 aliphatic carbocycles. The van der Waals surface area contributed by atoms with Crippen molar-refractivity contribution in [3.8, 4) is 0 Å². The fourth-order valence-corrected chi connectivity index (χ4v) is 2.09. The van der Waals surface area contributed by atoms with Crippen molar-refractivity contribution in [3.63, 3.8) is 0 Å². The minimum atomic E-state index is 0.577. The van der Waals surface area contributed by atoms with E-state index in [1.807, 2.05) is 12.1 Å². The lowest BCUT2D eigenvalue weighted by molar-refractivity contribution is 0.208. The van der Waals surface area contributed by atoms with Gasteiger partial charge in [0.1, 0.15) is 5.84 Å². The summed E-state index contributed by atoms with van der Waals surface area (Å²) in [6, 6.07) is 3.90. The first-order valence-electron chi connectivity index (χ1n) is 3.78. The predicted molar refractivity (Wildman–Crippen MR) is 59.5 cm³/mol. The Kier molecular flexibility index (Phi) is 4.41. The van der Waals surface area contributed by atoms with Crippen LogP contribution in [0.3, 0.4) is 0 Å². The molecule has 3 nitrogen and oxygen atoms in total. The molecule has 0 atom stereocenters. The van der Waals surface area contributed by atoms with E-state index in [4.69, 9.17) is 10.5 Å². The molecule has 0 bridgehead atoms. The van der Waals surface area contributed by atoms with E-state index in [1.165, 1.54) is 0 Å². The van der Waals surface area contributed by atoms with Crippen LogP contribution >= 0.6 is 27.3 Å². The molecule has 0 fully saturated rings. The van der Waals surface area contributed by atoms with Crippen molar-refractivity contribution in [1.82, 2.24) is 0 Å². The Morgan fingerprint density at radius 1 is 1.69 bits per heavy atom. The van der Waals surface area contributed by atoms with Crippen LogP contribution in [-0.2, 0) is 4.74 Å². The van der Waals surface area contributed by atoms with Gasteiger partial charge in [0, 0.05) is 7.11 Å². The van der Waals surface area contributed by atoms with Gasteiger partial charge < -0.3 is 10.5 Å². The third-order valence-corrected chi connectivity index (χ3v) is 3.05. The number of aliphatic imine (C=N–C) groups is 1. The monoisotopic (exact) mass is 262 g/mol. The summed E-state index contributed by atoms with van der Waals surface area (Å²) in [5.74, 6) is 0.577. The SMILES string of the molecule is COCCN=C(N)c1ccc(Br)s1. The zero-order valence-electron chi connectivity index (χ0n) is 7.29. The number of nitrogens with two attached hydrogens (primary N) is 1. The maximum absolute atomic E-state index is 5.73. The van der Waals surface area contributed by atoms with E-state index in [1.54, 1.807) is 18.4 Å². The predicted octanol–water partition coefficient (Wildman–Crippen LogP) is 1.86. The molecule has 0 radical (unpaired) electrons. The van der Waals surface area contributed by atoms with E-state index in [0.29, 0.717) is 19.0 Å². The van der Waals surface area contributed by atoms with Gasteiger partial charge in [-0.15, -0.1) is 11.3 Å². The second-order valence-corrected chi connectivity index (χ2v) is 4.83. The third-order valence-electron chi connectivity index (χ3n) is 1.40. The van der Waals surface area contributed by atoms with Crippen molar-refractivity contribution in [2.75, 3.05) is 20.3 Å². The number of thiophene rings is 1. The molecule has 0 spiro atoms. The topological polar surface area (TPSA) is 47.6 Å². The molecule has 2 N–H and O–H groups in total. The van der Waals surface area contributed by atoms with Crippen molar-refractivity contribution < 1.29 is 4.74 Å². The Labute approximate surface area is 89.7 Å². The highest BCUT2D eigenvalue weighted by Crippen LogP contribution is 2.21. The summed E-state index contributed by atoms with van der Waals surface area (Å²) < 4.78 is 5.93.